The third-order valence-electron chi connectivity index (χ3n) is 0.940. The van der Waals surface area contributed by atoms with Crippen LogP contribution in [0.15, 0.2) is 4.21 Å². The van der Waals surface area contributed by atoms with Gasteiger partial charge >= 0.3 is 6.09 Å². The molecule has 0 bridgehead atoms. The van der Waals surface area contributed by atoms with Crippen LogP contribution in [0.5, 0.6) is 5.19 Å². The second kappa shape index (κ2) is 3.10. The van der Waals surface area contributed by atoms with E-state index < -0.39 is 6.09 Å². The summed E-state index contributed by atoms with van der Waals surface area (Å²) in [7, 11) is 0. The van der Waals surface area contributed by atoms with E-state index in [1.165, 1.54) is 11.3 Å². The molecule has 6 heteroatoms. The van der Waals surface area contributed by atoms with Gasteiger partial charge in [0.15, 0.2) is 0 Å². The predicted molar refractivity (Wildman–Crippen MR) is 44.3 cm³/mol. The van der Waals surface area contributed by atoms with Crippen molar-refractivity contribution in [3.63, 3.8) is 0 Å². The molecular weight excluding hydrogens is 184 g/mol. The molecule has 1 amide bonds. The van der Waals surface area contributed by atoms with Crippen LogP contribution in [0.2, 0.25) is 0 Å². The fourth-order valence-electron chi connectivity index (χ4n) is 0.494. The van der Waals surface area contributed by atoms with Gasteiger partial charge in [0.25, 0.3) is 5.19 Å². The number of nitrogens with zero attached hydrogens (tertiary/aromatic N) is 1. The van der Waals surface area contributed by atoms with E-state index in [0.717, 1.165) is 9.90 Å². The van der Waals surface area contributed by atoms with E-state index in [9.17, 15) is 4.79 Å². The van der Waals surface area contributed by atoms with Crippen molar-refractivity contribution >= 4 is 30.1 Å². The Labute approximate surface area is 72.8 Å². The molecule has 0 aliphatic rings. The Morgan fingerprint density at radius 2 is 2.45 bits per heavy atom. The molecule has 0 saturated carbocycles. The molecule has 1 aromatic heterocycles. The Morgan fingerprint density at radius 3 is 2.82 bits per heavy atom. The van der Waals surface area contributed by atoms with Crippen LogP contribution in [-0.2, 0) is 0 Å². The van der Waals surface area contributed by atoms with Crippen molar-refractivity contribution in [1.82, 2.24) is 4.98 Å². The molecule has 0 spiro atoms. The molecule has 0 aromatic carbocycles. The average molecular weight is 190 g/mol. The van der Waals surface area contributed by atoms with Crippen molar-refractivity contribution in [2.75, 3.05) is 0 Å². The van der Waals surface area contributed by atoms with Crippen molar-refractivity contribution < 1.29 is 9.53 Å². The minimum Gasteiger partial charge on any atom is -0.381 e. The summed E-state index contributed by atoms with van der Waals surface area (Å²) in [6.07, 6.45) is -0.855. The second-order valence-electron chi connectivity index (χ2n) is 1.79. The molecule has 0 atom stereocenters. The number of nitrogens with two attached hydrogens (primary N) is 1. The monoisotopic (exact) mass is 190 g/mol. The first kappa shape index (κ1) is 8.35. The summed E-state index contributed by atoms with van der Waals surface area (Å²) in [5, 5.41) is 0.236. The van der Waals surface area contributed by atoms with Gasteiger partial charge in [0.05, 0.1) is 9.90 Å². The van der Waals surface area contributed by atoms with E-state index in [2.05, 4.69) is 22.3 Å². The normalized spacial score (nSPS) is 9.64. The number of aromatic nitrogens is 1. The molecule has 11 heavy (non-hydrogen) atoms. The first-order valence-corrected chi connectivity index (χ1v) is 3.99. The summed E-state index contributed by atoms with van der Waals surface area (Å²) in [5.41, 5.74) is 5.50. The predicted octanol–water partition coefficient (Wildman–Crippen LogP) is 1.20. The molecule has 1 heterocycles. The minimum absolute atomic E-state index is 0.236. The zero-order valence-corrected chi connectivity index (χ0v) is 7.41. The van der Waals surface area contributed by atoms with Crippen LogP contribution >= 0.6 is 24.0 Å². The van der Waals surface area contributed by atoms with E-state index in [1.807, 2.05) is 0 Å². The molecule has 0 aliphatic carbocycles. The Hall–Kier alpha value is -0.750. The molecule has 0 unspecified atom stereocenters. The summed E-state index contributed by atoms with van der Waals surface area (Å²) in [4.78, 5) is 14.1. The molecule has 0 radical (unpaired) electrons. The maximum absolute atomic E-state index is 10.2. The first-order chi connectivity index (χ1) is 5.09. The molecule has 1 aromatic rings. The Kier molecular flexibility index (Phi) is 2.35. The average Bonchev–Trinajstić information content (AvgIpc) is 2.10. The van der Waals surface area contributed by atoms with Crippen LogP contribution in [-0.4, -0.2) is 11.1 Å². The van der Waals surface area contributed by atoms with Gasteiger partial charge in [0.2, 0.25) is 0 Å². The zero-order valence-electron chi connectivity index (χ0n) is 5.70. The highest BCUT2D eigenvalue weighted by Crippen LogP contribution is 2.27. The molecule has 0 aliphatic heterocycles. The quantitative estimate of drug-likeness (QED) is 0.654. The van der Waals surface area contributed by atoms with Gasteiger partial charge in [0.1, 0.15) is 0 Å². The van der Waals surface area contributed by atoms with Crippen LogP contribution in [0.3, 0.4) is 0 Å². The standard InChI is InChI=1S/C5H6N2O2S2/c1-2-3(10)11-5(7-2)9-4(6)8/h10H,1H3,(H2,6,8). The van der Waals surface area contributed by atoms with Crippen LogP contribution in [0.4, 0.5) is 4.79 Å². The van der Waals surface area contributed by atoms with Crippen LogP contribution in [0.25, 0.3) is 0 Å². The van der Waals surface area contributed by atoms with Crippen molar-refractivity contribution in [3.8, 4) is 5.19 Å². The van der Waals surface area contributed by atoms with Crippen LogP contribution in [0, 0.1) is 6.92 Å². The van der Waals surface area contributed by atoms with Crippen molar-refractivity contribution in [3.05, 3.63) is 5.69 Å². The molecule has 0 fully saturated rings. The van der Waals surface area contributed by atoms with E-state index in [0.29, 0.717) is 0 Å². The van der Waals surface area contributed by atoms with Gasteiger partial charge in [-0.2, -0.15) is 0 Å². The van der Waals surface area contributed by atoms with Crippen molar-refractivity contribution in [2.24, 2.45) is 5.73 Å². The smallest absolute Gasteiger partial charge is 0.381 e. The summed E-state index contributed by atoms with van der Waals surface area (Å²) < 4.78 is 5.24. The van der Waals surface area contributed by atoms with Gasteiger partial charge in [-0.3, -0.25) is 0 Å². The Balaban J connectivity index is 2.81. The second-order valence-corrected chi connectivity index (χ2v) is 3.50. The number of ether oxygens (including phenoxy) is 1. The largest absolute Gasteiger partial charge is 0.411 e. The van der Waals surface area contributed by atoms with Gasteiger partial charge in [-0.25, -0.2) is 9.78 Å². The number of carbonyl (C=O) groups excluding carboxylic acids is 1. The minimum atomic E-state index is -0.855. The highest BCUT2D eigenvalue weighted by molar-refractivity contribution is 7.83. The van der Waals surface area contributed by atoms with Gasteiger partial charge < -0.3 is 10.5 Å². The number of primary amides is 1. The molecule has 2 N–H and O–H groups in total. The topological polar surface area (TPSA) is 65.2 Å². The lowest BCUT2D eigenvalue weighted by atomic mass is 10.6. The molecule has 0 saturated heterocycles. The highest BCUT2D eigenvalue weighted by atomic mass is 32.2. The zero-order chi connectivity index (χ0) is 8.43. The van der Waals surface area contributed by atoms with Crippen LogP contribution < -0.4 is 10.5 Å². The Morgan fingerprint density at radius 1 is 1.82 bits per heavy atom. The molecule has 60 valence electrons. The molecular formula is C5H6N2O2S2. The lowest BCUT2D eigenvalue weighted by molar-refractivity contribution is 0.210. The van der Waals surface area contributed by atoms with E-state index in [1.54, 1.807) is 6.92 Å². The van der Waals surface area contributed by atoms with Crippen molar-refractivity contribution in [2.45, 2.75) is 11.1 Å². The summed E-state index contributed by atoms with van der Waals surface area (Å²) in [6.45, 7) is 1.77. The lowest BCUT2D eigenvalue weighted by Crippen LogP contribution is -2.15. The van der Waals surface area contributed by atoms with Crippen LogP contribution in [0.1, 0.15) is 5.69 Å². The number of hydrogen-bond acceptors (Lipinski definition) is 5. The first-order valence-electron chi connectivity index (χ1n) is 2.73. The Bertz CT molecular complexity index is 265. The number of aryl methyl sites for hydroxylation is 1. The molecule has 1 rings (SSSR count). The van der Waals surface area contributed by atoms with E-state index >= 15 is 0 Å². The van der Waals surface area contributed by atoms with Crippen molar-refractivity contribution in [1.29, 1.82) is 0 Å². The third-order valence-corrected chi connectivity index (χ3v) is 2.38. The third kappa shape index (κ3) is 2.09. The summed E-state index contributed by atoms with van der Waals surface area (Å²) >= 11 is 5.24. The number of thiazole rings is 1. The SMILES string of the molecule is Cc1nc(OC(N)=O)sc1S. The van der Waals surface area contributed by atoms with E-state index in [-0.39, 0.29) is 5.19 Å². The van der Waals surface area contributed by atoms with Gasteiger partial charge in [-0.05, 0) is 6.92 Å². The number of rotatable bonds is 1. The number of hydrogen-bond donors (Lipinski definition) is 2. The number of thiol groups is 1. The van der Waals surface area contributed by atoms with Gasteiger partial charge in [-0.1, -0.05) is 11.3 Å². The summed E-state index contributed by atoms with van der Waals surface area (Å²) in [5.74, 6) is 0. The van der Waals surface area contributed by atoms with E-state index in [4.69, 9.17) is 5.73 Å². The fraction of sp³-hybridized carbons (Fsp3) is 0.200. The maximum atomic E-state index is 10.2. The maximum Gasteiger partial charge on any atom is 0.411 e. The van der Waals surface area contributed by atoms with Gasteiger partial charge in [-0.15, -0.1) is 12.6 Å². The highest BCUT2D eigenvalue weighted by Gasteiger charge is 2.06. The summed E-state index contributed by atoms with van der Waals surface area (Å²) in [6, 6.07) is 0. The number of amides is 1. The van der Waals surface area contributed by atoms with Gasteiger partial charge in [0, 0.05) is 0 Å². The lowest BCUT2D eigenvalue weighted by Gasteiger charge is -1.90. The number of carbonyl (C=O) groups is 1. The molecule has 4 nitrogen and oxygen atoms in total. The fourth-order valence-corrected chi connectivity index (χ4v) is 1.44.